The zero-order chi connectivity index (χ0) is 9.30. The summed E-state index contributed by atoms with van der Waals surface area (Å²) in [7, 11) is 0. The summed E-state index contributed by atoms with van der Waals surface area (Å²) in [6.07, 6.45) is 0. The first-order chi connectivity index (χ1) is 5.54. The van der Waals surface area contributed by atoms with Crippen molar-refractivity contribution in [2.75, 3.05) is 5.73 Å². The maximum Gasteiger partial charge on any atom is 0.252 e. The van der Waals surface area contributed by atoms with E-state index in [1.807, 2.05) is 13.8 Å². The van der Waals surface area contributed by atoms with Gasteiger partial charge in [0.15, 0.2) is 0 Å². The number of hydrogen-bond acceptors (Lipinski definition) is 2. The molecule has 0 saturated heterocycles. The van der Waals surface area contributed by atoms with Crippen LogP contribution in [-0.2, 0) is 0 Å². The van der Waals surface area contributed by atoms with Gasteiger partial charge in [0.2, 0.25) is 0 Å². The first-order valence-corrected chi connectivity index (χ1v) is 3.97. The summed E-state index contributed by atoms with van der Waals surface area (Å²) in [6, 6.07) is 3.34. The summed E-state index contributed by atoms with van der Waals surface area (Å²) in [5.74, 6) is 0. The highest BCUT2D eigenvalue weighted by atomic mass is 35.5. The van der Waals surface area contributed by atoms with Gasteiger partial charge in [0.05, 0.1) is 0 Å². The van der Waals surface area contributed by atoms with E-state index >= 15 is 0 Å². The second-order valence-corrected chi connectivity index (χ2v) is 3.07. The van der Waals surface area contributed by atoms with Gasteiger partial charge in [-0.25, -0.2) is 0 Å². The molecule has 0 aromatic heterocycles. The van der Waals surface area contributed by atoms with E-state index in [1.165, 1.54) is 0 Å². The fraction of sp³-hybridized carbons (Fsp3) is 0.222. The van der Waals surface area contributed by atoms with E-state index in [-0.39, 0.29) is 0 Å². The Kier molecular flexibility index (Phi) is 2.38. The monoisotopic (exact) mass is 183 g/mol. The van der Waals surface area contributed by atoms with Gasteiger partial charge in [-0.2, -0.15) is 0 Å². The molecule has 0 bridgehead atoms. The van der Waals surface area contributed by atoms with Crippen molar-refractivity contribution in [2.24, 2.45) is 0 Å². The summed E-state index contributed by atoms with van der Waals surface area (Å²) < 4.78 is 0. The topological polar surface area (TPSA) is 43.1 Å². The number of benzene rings is 1. The largest absolute Gasteiger partial charge is 0.399 e. The lowest BCUT2D eigenvalue weighted by molar-refractivity contribution is 0.108. The van der Waals surface area contributed by atoms with Crippen LogP contribution in [0.3, 0.4) is 0 Å². The Morgan fingerprint density at radius 3 is 2.42 bits per heavy atom. The van der Waals surface area contributed by atoms with Crippen LogP contribution in [0.1, 0.15) is 21.5 Å². The van der Waals surface area contributed by atoms with Gasteiger partial charge in [0.25, 0.3) is 5.24 Å². The molecule has 0 heterocycles. The van der Waals surface area contributed by atoms with E-state index in [0.29, 0.717) is 11.3 Å². The van der Waals surface area contributed by atoms with E-state index in [9.17, 15) is 4.79 Å². The van der Waals surface area contributed by atoms with Crippen molar-refractivity contribution in [3.63, 3.8) is 0 Å². The van der Waals surface area contributed by atoms with Crippen molar-refractivity contribution < 1.29 is 4.79 Å². The number of anilines is 1. The first kappa shape index (κ1) is 9.07. The molecule has 0 saturated carbocycles. The summed E-state index contributed by atoms with van der Waals surface area (Å²) >= 11 is 5.35. The van der Waals surface area contributed by atoms with E-state index < -0.39 is 5.24 Å². The number of hydrogen-bond donors (Lipinski definition) is 1. The van der Waals surface area contributed by atoms with Gasteiger partial charge in [-0.1, -0.05) is 0 Å². The molecule has 12 heavy (non-hydrogen) atoms. The van der Waals surface area contributed by atoms with E-state index in [2.05, 4.69) is 0 Å². The van der Waals surface area contributed by atoms with Crippen molar-refractivity contribution >= 4 is 22.5 Å². The maximum absolute atomic E-state index is 10.9. The van der Waals surface area contributed by atoms with Crippen LogP contribution in [0.4, 0.5) is 5.69 Å². The van der Waals surface area contributed by atoms with Gasteiger partial charge < -0.3 is 5.73 Å². The van der Waals surface area contributed by atoms with Crippen LogP contribution < -0.4 is 5.73 Å². The van der Waals surface area contributed by atoms with Gasteiger partial charge in [0, 0.05) is 11.3 Å². The van der Waals surface area contributed by atoms with Crippen molar-refractivity contribution in [3.8, 4) is 0 Å². The first-order valence-electron chi connectivity index (χ1n) is 3.59. The van der Waals surface area contributed by atoms with Crippen LogP contribution in [-0.4, -0.2) is 5.24 Å². The Bertz CT molecular complexity index is 334. The van der Waals surface area contributed by atoms with E-state index in [4.69, 9.17) is 17.3 Å². The predicted octanol–water partition coefficient (Wildman–Crippen LogP) is 2.26. The number of rotatable bonds is 1. The number of nitrogens with two attached hydrogens (primary N) is 1. The smallest absolute Gasteiger partial charge is 0.252 e. The second kappa shape index (κ2) is 3.15. The van der Waals surface area contributed by atoms with E-state index in [0.717, 1.165) is 11.1 Å². The Morgan fingerprint density at radius 2 is 1.92 bits per heavy atom. The highest BCUT2D eigenvalue weighted by Gasteiger charge is 2.08. The Hall–Kier alpha value is -1.02. The average Bonchev–Trinajstić information content (AvgIpc) is 2.00. The van der Waals surface area contributed by atoms with Gasteiger partial charge >= 0.3 is 0 Å². The van der Waals surface area contributed by atoms with Crippen LogP contribution in [0.15, 0.2) is 12.1 Å². The van der Waals surface area contributed by atoms with Crippen molar-refractivity contribution in [3.05, 3.63) is 28.8 Å². The molecule has 0 aliphatic heterocycles. The number of carbonyl (C=O) groups is 1. The van der Waals surface area contributed by atoms with Gasteiger partial charge in [-0.3, -0.25) is 4.79 Å². The molecule has 0 aliphatic rings. The molecule has 0 aliphatic carbocycles. The normalized spacial score (nSPS) is 9.92. The SMILES string of the molecule is Cc1c(N)ccc(C(=O)Cl)c1C. The molecule has 0 unspecified atom stereocenters. The van der Waals surface area contributed by atoms with Crippen LogP contribution in [0, 0.1) is 13.8 Å². The van der Waals surface area contributed by atoms with Crippen LogP contribution in [0.25, 0.3) is 0 Å². The van der Waals surface area contributed by atoms with Crippen molar-refractivity contribution in [1.29, 1.82) is 0 Å². The zero-order valence-corrected chi connectivity index (χ0v) is 7.77. The van der Waals surface area contributed by atoms with Crippen LogP contribution in [0.2, 0.25) is 0 Å². The fourth-order valence-corrected chi connectivity index (χ4v) is 1.26. The standard InChI is InChI=1S/C9H10ClNO/c1-5-6(2)8(11)4-3-7(5)9(10)12/h3-4H,11H2,1-2H3. The van der Waals surface area contributed by atoms with Crippen LogP contribution >= 0.6 is 11.6 Å². The molecule has 0 fully saturated rings. The molecule has 2 N–H and O–H groups in total. The third-order valence-corrected chi connectivity index (χ3v) is 2.24. The molecule has 2 nitrogen and oxygen atoms in total. The lowest BCUT2D eigenvalue weighted by Crippen LogP contribution is -1.99. The molecular formula is C9H10ClNO. The van der Waals surface area contributed by atoms with E-state index in [1.54, 1.807) is 12.1 Å². The third kappa shape index (κ3) is 1.43. The summed E-state index contributed by atoms with van der Waals surface area (Å²) in [4.78, 5) is 10.9. The molecule has 0 radical (unpaired) electrons. The molecule has 0 spiro atoms. The molecule has 1 aromatic rings. The Morgan fingerprint density at radius 1 is 1.33 bits per heavy atom. The minimum atomic E-state index is -0.435. The highest BCUT2D eigenvalue weighted by Crippen LogP contribution is 2.20. The third-order valence-electron chi connectivity index (χ3n) is 2.04. The van der Waals surface area contributed by atoms with Gasteiger partial charge in [-0.15, -0.1) is 0 Å². The highest BCUT2D eigenvalue weighted by molar-refractivity contribution is 6.67. The number of carbonyl (C=O) groups excluding carboxylic acids is 1. The molecule has 0 atom stereocenters. The lowest BCUT2D eigenvalue weighted by Gasteiger charge is -2.06. The molecular weight excluding hydrogens is 174 g/mol. The van der Waals surface area contributed by atoms with Crippen molar-refractivity contribution in [1.82, 2.24) is 0 Å². The lowest BCUT2D eigenvalue weighted by atomic mass is 10.0. The molecule has 3 heteroatoms. The molecule has 1 aromatic carbocycles. The van der Waals surface area contributed by atoms with Crippen molar-refractivity contribution in [2.45, 2.75) is 13.8 Å². The summed E-state index contributed by atoms with van der Waals surface area (Å²) in [5, 5.41) is -0.435. The van der Waals surface area contributed by atoms with Gasteiger partial charge in [0.1, 0.15) is 0 Å². The Balaban J connectivity index is 3.36. The fourth-order valence-electron chi connectivity index (χ4n) is 1.05. The summed E-state index contributed by atoms with van der Waals surface area (Å²) in [5.41, 5.74) is 8.63. The number of halogens is 1. The minimum absolute atomic E-state index is 0.435. The predicted molar refractivity (Wildman–Crippen MR) is 50.5 cm³/mol. The average molecular weight is 184 g/mol. The molecule has 1 rings (SSSR count). The summed E-state index contributed by atoms with van der Waals surface area (Å²) in [6.45, 7) is 3.70. The van der Waals surface area contributed by atoms with Crippen LogP contribution in [0.5, 0.6) is 0 Å². The maximum atomic E-state index is 10.9. The molecule has 0 amide bonds. The van der Waals surface area contributed by atoms with Gasteiger partial charge in [-0.05, 0) is 48.7 Å². The minimum Gasteiger partial charge on any atom is -0.399 e. The quantitative estimate of drug-likeness (QED) is 0.536. The Labute approximate surface area is 76.3 Å². The zero-order valence-electron chi connectivity index (χ0n) is 7.02. The molecule has 64 valence electrons. The second-order valence-electron chi connectivity index (χ2n) is 2.73. The number of nitrogen functional groups attached to an aromatic ring is 1.